The molecule has 1 aromatic heterocycles. The molecule has 0 saturated carbocycles. The summed E-state index contributed by atoms with van der Waals surface area (Å²) in [4.78, 5) is 2.46. The van der Waals surface area contributed by atoms with Crippen LogP contribution in [0.15, 0.2) is 6.20 Å². The number of H-pyrrole nitrogens is 1. The summed E-state index contributed by atoms with van der Waals surface area (Å²) in [5.41, 5.74) is -1.69. The third-order valence-electron chi connectivity index (χ3n) is 2.87. The molecule has 0 spiro atoms. The molecule has 0 aliphatic carbocycles. The number of halogens is 1. The zero-order valence-electron chi connectivity index (χ0n) is 9.33. The minimum atomic E-state index is -1.69. The Morgan fingerprint density at radius 1 is 1.61 bits per heavy atom. The van der Waals surface area contributed by atoms with Crippen molar-refractivity contribution in [1.29, 1.82) is 0 Å². The van der Waals surface area contributed by atoms with Gasteiger partial charge in [0.25, 0.3) is 0 Å². The second kappa shape index (κ2) is 4.50. The summed E-state index contributed by atoms with van der Waals surface area (Å²) < 4.78 is 19.7. The molecule has 5 nitrogen and oxygen atoms in total. The van der Waals surface area contributed by atoms with E-state index in [9.17, 15) is 14.6 Å². The zero-order chi connectivity index (χ0) is 13.7. The maximum absolute atomic E-state index is 13.4. The third kappa shape index (κ3) is 2.06. The first-order chi connectivity index (χ1) is 8.25. The molecule has 3 N–H and O–H groups in total. The van der Waals surface area contributed by atoms with Crippen molar-refractivity contribution in [2.45, 2.75) is 30.9 Å². The SMILES string of the molecule is [B]C1OC(n2cc(F)c(=S)[nH]c2=S)C(C)(O)C1O. The molecule has 1 saturated heterocycles. The summed E-state index contributed by atoms with van der Waals surface area (Å²) in [7, 11) is 5.50. The normalized spacial score (nSPS) is 35.9. The van der Waals surface area contributed by atoms with Crippen LogP contribution < -0.4 is 0 Å². The fraction of sp³-hybridized carbons (Fsp3) is 0.556. The van der Waals surface area contributed by atoms with Gasteiger partial charge >= 0.3 is 0 Å². The predicted molar refractivity (Wildman–Crippen MR) is 66.7 cm³/mol. The maximum atomic E-state index is 13.4. The van der Waals surface area contributed by atoms with Crippen molar-refractivity contribution in [1.82, 2.24) is 9.55 Å². The average Bonchev–Trinajstić information content (AvgIpc) is 2.48. The second-order valence-corrected chi connectivity index (χ2v) is 5.06. The highest BCUT2D eigenvalue weighted by molar-refractivity contribution is 7.72. The van der Waals surface area contributed by atoms with Gasteiger partial charge in [0.15, 0.2) is 16.8 Å². The number of hydrogen-bond donors (Lipinski definition) is 3. The molecular weight excluding hydrogens is 278 g/mol. The Hall–Kier alpha value is -0.605. The molecule has 1 aliphatic heterocycles. The van der Waals surface area contributed by atoms with E-state index in [4.69, 9.17) is 37.0 Å². The molecule has 0 amide bonds. The molecule has 18 heavy (non-hydrogen) atoms. The van der Waals surface area contributed by atoms with Gasteiger partial charge in [-0.25, -0.2) is 4.39 Å². The first-order valence-corrected chi connectivity index (χ1v) is 5.89. The van der Waals surface area contributed by atoms with Crippen molar-refractivity contribution in [3.05, 3.63) is 21.4 Å². The molecule has 4 atom stereocenters. The van der Waals surface area contributed by atoms with Crippen LogP contribution in [0.4, 0.5) is 4.39 Å². The molecule has 0 bridgehead atoms. The van der Waals surface area contributed by atoms with Crippen molar-refractivity contribution in [2.24, 2.45) is 0 Å². The topological polar surface area (TPSA) is 70.4 Å². The van der Waals surface area contributed by atoms with Gasteiger partial charge in [-0.2, -0.15) is 0 Å². The van der Waals surface area contributed by atoms with E-state index in [1.54, 1.807) is 0 Å². The highest BCUT2D eigenvalue weighted by Crippen LogP contribution is 2.37. The van der Waals surface area contributed by atoms with E-state index >= 15 is 0 Å². The summed E-state index contributed by atoms with van der Waals surface area (Å²) in [6.07, 6.45) is -1.41. The van der Waals surface area contributed by atoms with Crippen molar-refractivity contribution >= 4 is 32.3 Å². The van der Waals surface area contributed by atoms with Crippen LogP contribution in [0.25, 0.3) is 0 Å². The smallest absolute Gasteiger partial charge is 0.180 e. The Morgan fingerprint density at radius 3 is 2.72 bits per heavy atom. The average molecular weight is 288 g/mol. The fourth-order valence-corrected chi connectivity index (χ4v) is 2.29. The number of ether oxygens (including phenoxy) is 1. The largest absolute Gasteiger partial charge is 0.388 e. The van der Waals surface area contributed by atoms with Gasteiger partial charge in [0.2, 0.25) is 0 Å². The molecule has 1 aromatic rings. The second-order valence-electron chi connectivity index (χ2n) is 4.27. The van der Waals surface area contributed by atoms with Crippen LogP contribution >= 0.6 is 24.4 Å². The summed E-state index contributed by atoms with van der Waals surface area (Å²) in [6.45, 7) is 1.33. The van der Waals surface area contributed by atoms with Gasteiger partial charge < -0.3 is 19.9 Å². The van der Waals surface area contributed by atoms with E-state index in [0.29, 0.717) is 0 Å². The number of aliphatic hydroxyl groups excluding tert-OH is 1. The highest BCUT2D eigenvalue weighted by atomic mass is 32.1. The van der Waals surface area contributed by atoms with Crippen LogP contribution in [0, 0.1) is 15.2 Å². The molecule has 96 valence electrons. The van der Waals surface area contributed by atoms with Crippen LogP contribution in [-0.2, 0) is 4.74 Å². The Bertz CT molecular complexity index is 588. The number of aromatic amines is 1. The van der Waals surface area contributed by atoms with Crippen LogP contribution in [0.2, 0.25) is 0 Å². The van der Waals surface area contributed by atoms with E-state index in [0.717, 1.165) is 10.8 Å². The molecule has 2 radical (unpaired) electrons. The molecule has 0 aromatic carbocycles. The third-order valence-corrected chi connectivity index (χ3v) is 3.48. The van der Waals surface area contributed by atoms with Gasteiger partial charge in [-0.1, -0.05) is 12.2 Å². The van der Waals surface area contributed by atoms with Gasteiger partial charge in [0.1, 0.15) is 24.2 Å². The molecule has 4 unspecified atom stereocenters. The zero-order valence-corrected chi connectivity index (χ0v) is 11.0. The maximum Gasteiger partial charge on any atom is 0.180 e. The van der Waals surface area contributed by atoms with E-state index in [2.05, 4.69) is 4.98 Å². The monoisotopic (exact) mass is 288 g/mol. The molecule has 2 rings (SSSR count). The summed E-state index contributed by atoms with van der Waals surface area (Å²) in [5.74, 6) is -0.715. The first kappa shape index (κ1) is 13.8. The predicted octanol–water partition coefficient (Wildman–Crippen LogP) is 0.550. The lowest BCUT2D eigenvalue weighted by Crippen LogP contribution is -2.43. The number of hydrogen-bond acceptors (Lipinski definition) is 5. The molecule has 1 fully saturated rings. The lowest BCUT2D eigenvalue weighted by atomic mass is 9.87. The molecule has 1 aliphatic rings. The Labute approximate surface area is 114 Å². The van der Waals surface area contributed by atoms with E-state index < -0.39 is 29.8 Å². The Morgan fingerprint density at radius 2 is 2.22 bits per heavy atom. The van der Waals surface area contributed by atoms with Crippen LogP contribution in [0.3, 0.4) is 0 Å². The van der Waals surface area contributed by atoms with E-state index in [1.807, 2.05) is 0 Å². The molecule has 9 heteroatoms. The number of aliphatic hydroxyl groups is 2. The minimum absolute atomic E-state index is 0.0629. The summed E-state index contributed by atoms with van der Waals surface area (Å²) in [5, 5.41) is 19.8. The lowest BCUT2D eigenvalue weighted by Gasteiger charge is -2.28. The van der Waals surface area contributed by atoms with Gasteiger partial charge in [-0.15, -0.1) is 0 Å². The number of aromatic nitrogens is 2. The van der Waals surface area contributed by atoms with Gasteiger partial charge in [0, 0.05) is 12.2 Å². The Balaban J connectivity index is 2.54. The van der Waals surface area contributed by atoms with Gasteiger partial charge in [-0.3, -0.25) is 4.57 Å². The summed E-state index contributed by atoms with van der Waals surface area (Å²) >= 11 is 9.67. The van der Waals surface area contributed by atoms with Gasteiger partial charge in [0.05, 0.1) is 0 Å². The minimum Gasteiger partial charge on any atom is -0.388 e. The van der Waals surface area contributed by atoms with E-state index in [1.165, 1.54) is 6.92 Å². The lowest BCUT2D eigenvalue weighted by molar-refractivity contribution is -0.0957. The molecule has 2 heterocycles. The quantitative estimate of drug-likeness (QED) is 0.520. The number of nitrogens with one attached hydrogen (secondary N) is 1. The number of nitrogens with zero attached hydrogens (tertiary/aromatic N) is 1. The number of rotatable bonds is 1. The van der Waals surface area contributed by atoms with Crippen molar-refractivity contribution in [2.75, 3.05) is 0 Å². The summed E-state index contributed by atoms with van der Waals surface area (Å²) in [6, 6.07) is -1.09. The van der Waals surface area contributed by atoms with Crippen LogP contribution in [-0.4, -0.2) is 45.3 Å². The van der Waals surface area contributed by atoms with Crippen molar-refractivity contribution in [3.8, 4) is 0 Å². The van der Waals surface area contributed by atoms with E-state index in [-0.39, 0.29) is 9.41 Å². The van der Waals surface area contributed by atoms with Gasteiger partial charge in [-0.05, 0) is 19.1 Å². The van der Waals surface area contributed by atoms with Crippen LogP contribution in [0.1, 0.15) is 13.2 Å². The van der Waals surface area contributed by atoms with Crippen molar-refractivity contribution < 1.29 is 19.3 Å². The highest BCUT2D eigenvalue weighted by Gasteiger charge is 2.51. The van der Waals surface area contributed by atoms with Crippen LogP contribution in [0.5, 0.6) is 0 Å². The van der Waals surface area contributed by atoms with Crippen molar-refractivity contribution in [3.63, 3.8) is 0 Å². The molecular formula is C9H10BFN2O3S2. The standard InChI is InChI=1S/C9H10BFN2O3S2/c1-9(15)4(14)5(10)16-7(9)13-2-3(11)6(17)12-8(13)18/h2,4-5,7,14-15H,1H3,(H,12,17,18). The fourth-order valence-electron chi connectivity index (χ4n) is 1.82. The Kier molecular flexibility index (Phi) is 3.45. The first-order valence-electron chi connectivity index (χ1n) is 5.07.